The van der Waals surface area contributed by atoms with Gasteiger partial charge in [0, 0.05) is 19.3 Å². The van der Waals surface area contributed by atoms with E-state index in [-0.39, 0.29) is 6.61 Å². The van der Waals surface area contributed by atoms with Gasteiger partial charge in [0.1, 0.15) is 0 Å². The minimum atomic E-state index is 0.188. The van der Waals surface area contributed by atoms with E-state index in [1.807, 2.05) is 12.1 Å². The highest BCUT2D eigenvalue weighted by Gasteiger charge is 2.04. The van der Waals surface area contributed by atoms with Crippen molar-refractivity contribution in [3.05, 3.63) is 29.0 Å². The van der Waals surface area contributed by atoms with Crippen molar-refractivity contribution in [2.75, 3.05) is 19.7 Å². The molecule has 0 aromatic carbocycles. The van der Waals surface area contributed by atoms with E-state index in [0.29, 0.717) is 11.6 Å². The summed E-state index contributed by atoms with van der Waals surface area (Å²) in [5.74, 6) is 0. The molecule has 1 N–H and O–H groups in total. The third-order valence-corrected chi connectivity index (χ3v) is 2.35. The lowest BCUT2D eigenvalue weighted by atomic mass is 10.3. The van der Waals surface area contributed by atoms with Crippen molar-refractivity contribution in [2.45, 2.75) is 19.9 Å². The Morgan fingerprint density at radius 2 is 2.20 bits per heavy atom. The third-order valence-electron chi connectivity index (χ3n) is 2.13. The van der Waals surface area contributed by atoms with Crippen molar-refractivity contribution in [3.63, 3.8) is 0 Å². The first kappa shape index (κ1) is 12.4. The molecule has 0 spiro atoms. The summed E-state index contributed by atoms with van der Waals surface area (Å²) in [5.41, 5.74) is 0.987. The van der Waals surface area contributed by atoms with E-state index in [9.17, 15) is 0 Å². The largest absolute Gasteiger partial charge is 0.395 e. The Morgan fingerprint density at radius 1 is 1.40 bits per heavy atom. The summed E-state index contributed by atoms with van der Waals surface area (Å²) in [5, 5.41) is 9.56. The molecule has 0 fully saturated rings. The van der Waals surface area contributed by atoms with Crippen LogP contribution in [0.1, 0.15) is 19.0 Å². The first-order chi connectivity index (χ1) is 7.26. The van der Waals surface area contributed by atoms with E-state index in [2.05, 4.69) is 16.8 Å². The summed E-state index contributed by atoms with van der Waals surface area (Å²) in [6, 6.07) is 3.76. The van der Waals surface area contributed by atoms with Crippen molar-refractivity contribution in [1.82, 2.24) is 9.88 Å². The van der Waals surface area contributed by atoms with Gasteiger partial charge in [0.25, 0.3) is 0 Å². The van der Waals surface area contributed by atoms with Gasteiger partial charge in [-0.3, -0.25) is 9.88 Å². The summed E-state index contributed by atoms with van der Waals surface area (Å²) >= 11 is 5.75. The fourth-order valence-corrected chi connectivity index (χ4v) is 1.57. The van der Waals surface area contributed by atoms with Crippen LogP contribution in [0.15, 0.2) is 18.3 Å². The fraction of sp³-hybridized carbons (Fsp3) is 0.545. The molecule has 15 heavy (non-hydrogen) atoms. The Labute approximate surface area is 95.7 Å². The Morgan fingerprint density at radius 3 is 2.73 bits per heavy atom. The maximum absolute atomic E-state index is 8.90. The number of aliphatic hydroxyl groups excluding tert-OH is 1. The van der Waals surface area contributed by atoms with Crippen molar-refractivity contribution in [2.24, 2.45) is 0 Å². The lowest BCUT2D eigenvalue weighted by Crippen LogP contribution is -2.27. The highest BCUT2D eigenvalue weighted by molar-refractivity contribution is 6.30. The summed E-state index contributed by atoms with van der Waals surface area (Å²) in [7, 11) is 0. The Balaban J connectivity index is 2.53. The van der Waals surface area contributed by atoms with E-state index in [1.165, 1.54) is 0 Å². The SMILES string of the molecule is CCCN(CCO)Cc1ccc(Cl)cn1. The molecule has 0 bridgehead atoms. The number of rotatable bonds is 6. The van der Waals surface area contributed by atoms with Gasteiger partial charge >= 0.3 is 0 Å². The average Bonchev–Trinajstić information content (AvgIpc) is 2.22. The molecule has 1 aromatic rings. The summed E-state index contributed by atoms with van der Waals surface area (Å²) in [4.78, 5) is 6.40. The van der Waals surface area contributed by atoms with Crippen LogP contribution in [0, 0.1) is 0 Å². The van der Waals surface area contributed by atoms with E-state index in [0.717, 1.165) is 25.2 Å². The smallest absolute Gasteiger partial charge is 0.0589 e. The molecule has 1 rings (SSSR count). The molecule has 0 saturated heterocycles. The second-order valence-electron chi connectivity index (χ2n) is 3.47. The van der Waals surface area contributed by atoms with Gasteiger partial charge in [-0.25, -0.2) is 0 Å². The minimum absolute atomic E-state index is 0.188. The Kier molecular flexibility index (Phi) is 5.61. The first-order valence-corrected chi connectivity index (χ1v) is 5.57. The molecule has 0 aliphatic heterocycles. The zero-order valence-corrected chi connectivity index (χ0v) is 9.74. The van der Waals surface area contributed by atoms with Crippen molar-refractivity contribution in [3.8, 4) is 0 Å². The molecular weight excluding hydrogens is 212 g/mol. The van der Waals surface area contributed by atoms with Gasteiger partial charge in [0.2, 0.25) is 0 Å². The predicted octanol–water partition coefficient (Wildman–Crippen LogP) is 1.94. The van der Waals surface area contributed by atoms with Gasteiger partial charge in [-0.2, -0.15) is 0 Å². The minimum Gasteiger partial charge on any atom is -0.395 e. The molecule has 0 aliphatic carbocycles. The van der Waals surface area contributed by atoms with Crippen LogP contribution in [0.2, 0.25) is 5.02 Å². The summed E-state index contributed by atoms with van der Waals surface area (Å²) in [6.45, 7) is 4.75. The van der Waals surface area contributed by atoms with Crippen LogP contribution in [0.4, 0.5) is 0 Å². The molecule has 0 amide bonds. The third kappa shape index (κ3) is 4.60. The van der Waals surface area contributed by atoms with Gasteiger partial charge in [0.15, 0.2) is 0 Å². The van der Waals surface area contributed by atoms with E-state index >= 15 is 0 Å². The number of aliphatic hydroxyl groups is 1. The van der Waals surface area contributed by atoms with Crippen molar-refractivity contribution >= 4 is 11.6 Å². The quantitative estimate of drug-likeness (QED) is 0.809. The van der Waals surface area contributed by atoms with Crippen LogP contribution in [0.25, 0.3) is 0 Å². The van der Waals surface area contributed by atoms with Crippen molar-refractivity contribution in [1.29, 1.82) is 0 Å². The van der Waals surface area contributed by atoms with Crippen LogP contribution < -0.4 is 0 Å². The summed E-state index contributed by atoms with van der Waals surface area (Å²) in [6.07, 6.45) is 2.73. The zero-order valence-electron chi connectivity index (χ0n) is 8.99. The molecule has 0 aliphatic rings. The Bertz CT molecular complexity index is 270. The van der Waals surface area contributed by atoms with Crippen LogP contribution in [0.5, 0.6) is 0 Å². The number of pyridine rings is 1. The average molecular weight is 229 g/mol. The van der Waals surface area contributed by atoms with Gasteiger partial charge in [-0.15, -0.1) is 0 Å². The highest BCUT2D eigenvalue weighted by atomic mass is 35.5. The molecule has 4 heteroatoms. The standard InChI is InChI=1S/C11H17ClN2O/c1-2-5-14(6-7-15)9-11-4-3-10(12)8-13-11/h3-4,8,15H,2,5-7,9H2,1H3. The topological polar surface area (TPSA) is 36.4 Å². The van der Waals surface area contributed by atoms with Gasteiger partial charge < -0.3 is 5.11 Å². The second kappa shape index (κ2) is 6.77. The molecule has 1 aromatic heterocycles. The second-order valence-corrected chi connectivity index (χ2v) is 3.90. The molecule has 0 radical (unpaired) electrons. The van der Waals surface area contributed by atoms with Crippen molar-refractivity contribution < 1.29 is 5.11 Å². The lowest BCUT2D eigenvalue weighted by molar-refractivity contribution is 0.189. The number of hydrogen-bond donors (Lipinski definition) is 1. The molecule has 0 saturated carbocycles. The summed E-state index contributed by atoms with van der Waals surface area (Å²) < 4.78 is 0. The number of aromatic nitrogens is 1. The monoisotopic (exact) mass is 228 g/mol. The molecule has 1 heterocycles. The zero-order chi connectivity index (χ0) is 11.1. The predicted molar refractivity (Wildman–Crippen MR) is 61.9 cm³/mol. The van der Waals surface area contributed by atoms with Gasteiger partial charge in [-0.05, 0) is 25.1 Å². The normalized spacial score (nSPS) is 10.9. The van der Waals surface area contributed by atoms with Crippen LogP contribution in [-0.4, -0.2) is 34.7 Å². The molecule has 0 unspecified atom stereocenters. The first-order valence-electron chi connectivity index (χ1n) is 5.20. The maximum atomic E-state index is 8.90. The molecule has 84 valence electrons. The highest BCUT2D eigenvalue weighted by Crippen LogP contribution is 2.08. The van der Waals surface area contributed by atoms with Crippen LogP contribution >= 0.6 is 11.6 Å². The van der Waals surface area contributed by atoms with Gasteiger partial charge in [0.05, 0.1) is 17.3 Å². The lowest BCUT2D eigenvalue weighted by Gasteiger charge is -2.19. The van der Waals surface area contributed by atoms with E-state index in [4.69, 9.17) is 16.7 Å². The molecular formula is C11H17ClN2O. The van der Waals surface area contributed by atoms with Gasteiger partial charge in [-0.1, -0.05) is 18.5 Å². The molecule has 3 nitrogen and oxygen atoms in total. The van der Waals surface area contributed by atoms with Crippen LogP contribution in [0.3, 0.4) is 0 Å². The molecule has 0 atom stereocenters. The van der Waals surface area contributed by atoms with Crippen LogP contribution in [-0.2, 0) is 6.54 Å². The maximum Gasteiger partial charge on any atom is 0.0589 e. The number of halogens is 1. The van der Waals surface area contributed by atoms with E-state index < -0.39 is 0 Å². The number of hydrogen-bond acceptors (Lipinski definition) is 3. The Hall–Kier alpha value is -0.640. The van der Waals surface area contributed by atoms with E-state index in [1.54, 1.807) is 6.20 Å². The fourth-order valence-electron chi connectivity index (χ4n) is 1.46. The number of nitrogens with zero attached hydrogens (tertiary/aromatic N) is 2.